The minimum Gasteiger partial charge on any atom is -0.0979 e. The van der Waals surface area contributed by atoms with E-state index in [1.54, 1.807) is 0 Å². The first-order chi connectivity index (χ1) is 6.34. The molecule has 0 saturated carbocycles. The van der Waals surface area contributed by atoms with E-state index in [1.165, 1.54) is 24.0 Å². The maximum atomic E-state index is 3.20. The second-order valence-electron chi connectivity index (χ2n) is 3.22. The second-order valence-corrected chi connectivity index (χ2v) is 3.22. The minimum absolute atomic E-state index is 1.02. The van der Waals surface area contributed by atoms with Crippen LogP contribution in [0.4, 0.5) is 0 Å². The highest BCUT2D eigenvalue weighted by atomic mass is 13.9. The summed E-state index contributed by atoms with van der Waals surface area (Å²) in [7, 11) is 0. The molecule has 0 atom stereocenters. The molecule has 1 aromatic carbocycles. The molecule has 0 heterocycles. The molecule has 1 rings (SSSR count). The van der Waals surface area contributed by atoms with Crippen molar-refractivity contribution >= 4 is 0 Å². The number of benzene rings is 1. The lowest BCUT2D eigenvalue weighted by atomic mass is 10.1. The molecule has 0 aliphatic heterocycles. The van der Waals surface area contributed by atoms with Gasteiger partial charge in [-0.3, -0.25) is 0 Å². The number of hydrogen-bond acceptors (Lipinski definition) is 0. The van der Waals surface area contributed by atoms with Crippen molar-refractivity contribution in [2.75, 3.05) is 0 Å². The van der Waals surface area contributed by atoms with Crippen LogP contribution >= 0.6 is 0 Å². The minimum atomic E-state index is 1.02. The fraction of sp³-hybridized carbons (Fsp3) is 0.385. The largest absolute Gasteiger partial charge is 0.0979 e. The maximum Gasteiger partial charge on any atom is 0.0274 e. The van der Waals surface area contributed by atoms with Crippen LogP contribution in [0.5, 0.6) is 0 Å². The smallest absolute Gasteiger partial charge is 0.0274 e. The van der Waals surface area contributed by atoms with Crippen LogP contribution in [0.3, 0.4) is 0 Å². The van der Waals surface area contributed by atoms with Crippen molar-refractivity contribution in [2.45, 2.75) is 33.1 Å². The van der Waals surface area contributed by atoms with Gasteiger partial charge in [-0.05, 0) is 25.0 Å². The Hall–Kier alpha value is -1.22. The summed E-state index contributed by atoms with van der Waals surface area (Å²) in [6.45, 7) is 4.29. The summed E-state index contributed by atoms with van der Waals surface area (Å²) in [5.41, 5.74) is 2.44. The predicted octanol–water partition coefficient (Wildman–Crippen LogP) is 3.54. The van der Waals surface area contributed by atoms with Crippen LogP contribution in [0, 0.1) is 18.8 Å². The van der Waals surface area contributed by atoms with Crippen LogP contribution in [-0.4, -0.2) is 0 Å². The zero-order chi connectivity index (χ0) is 9.52. The normalized spacial score (nSPS) is 9.08. The van der Waals surface area contributed by atoms with Gasteiger partial charge in [-0.25, -0.2) is 0 Å². The average Bonchev–Trinajstić information content (AvgIpc) is 2.15. The Kier molecular flexibility index (Phi) is 4.12. The third kappa shape index (κ3) is 3.34. The summed E-state index contributed by atoms with van der Waals surface area (Å²) in [4.78, 5) is 0. The first kappa shape index (κ1) is 9.86. The Morgan fingerprint density at radius 1 is 1.23 bits per heavy atom. The molecule has 0 spiro atoms. The monoisotopic (exact) mass is 172 g/mol. The third-order valence-corrected chi connectivity index (χ3v) is 2.02. The molecule has 0 saturated heterocycles. The molecule has 0 N–H and O–H groups in total. The highest BCUT2D eigenvalue weighted by Crippen LogP contribution is 2.04. The van der Waals surface area contributed by atoms with Crippen molar-refractivity contribution in [3.05, 3.63) is 35.4 Å². The molecule has 0 aromatic heterocycles. The first-order valence-electron chi connectivity index (χ1n) is 4.89. The van der Waals surface area contributed by atoms with Gasteiger partial charge in [0.25, 0.3) is 0 Å². The van der Waals surface area contributed by atoms with Crippen LogP contribution in [0.1, 0.15) is 37.3 Å². The van der Waals surface area contributed by atoms with Crippen LogP contribution in [-0.2, 0) is 0 Å². The van der Waals surface area contributed by atoms with Crippen LogP contribution in [0.2, 0.25) is 0 Å². The number of aryl methyl sites for hydroxylation is 1. The molecular weight excluding hydrogens is 156 g/mol. The van der Waals surface area contributed by atoms with Gasteiger partial charge in [0.15, 0.2) is 0 Å². The lowest BCUT2D eigenvalue weighted by Gasteiger charge is -1.94. The molecule has 0 unspecified atom stereocenters. The zero-order valence-electron chi connectivity index (χ0n) is 8.43. The van der Waals surface area contributed by atoms with Gasteiger partial charge in [0.1, 0.15) is 0 Å². The summed E-state index contributed by atoms with van der Waals surface area (Å²) in [5, 5.41) is 0. The molecule has 0 aliphatic rings. The molecule has 0 amide bonds. The summed E-state index contributed by atoms with van der Waals surface area (Å²) < 4.78 is 0. The zero-order valence-corrected chi connectivity index (χ0v) is 8.43. The fourth-order valence-electron chi connectivity index (χ4n) is 1.14. The molecule has 13 heavy (non-hydrogen) atoms. The summed E-state index contributed by atoms with van der Waals surface area (Å²) in [6, 6.07) is 8.27. The lowest BCUT2D eigenvalue weighted by Crippen LogP contribution is -1.79. The van der Waals surface area contributed by atoms with Crippen molar-refractivity contribution in [3.8, 4) is 11.8 Å². The van der Waals surface area contributed by atoms with Gasteiger partial charge in [-0.1, -0.05) is 43.4 Å². The van der Waals surface area contributed by atoms with Gasteiger partial charge < -0.3 is 0 Å². The Bertz CT molecular complexity index is 312. The molecule has 0 nitrogen and oxygen atoms in total. The summed E-state index contributed by atoms with van der Waals surface area (Å²) >= 11 is 0. The second kappa shape index (κ2) is 5.43. The van der Waals surface area contributed by atoms with E-state index in [-0.39, 0.29) is 0 Å². The molecular formula is C13H16. The van der Waals surface area contributed by atoms with E-state index in [1.807, 2.05) is 12.1 Å². The van der Waals surface area contributed by atoms with Crippen molar-refractivity contribution in [1.82, 2.24) is 0 Å². The van der Waals surface area contributed by atoms with Crippen molar-refractivity contribution < 1.29 is 0 Å². The maximum absolute atomic E-state index is 3.20. The van der Waals surface area contributed by atoms with E-state index in [0.29, 0.717) is 0 Å². The average molecular weight is 172 g/mol. The van der Waals surface area contributed by atoms with Gasteiger partial charge in [0.2, 0.25) is 0 Å². The number of unbranched alkanes of at least 4 members (excludes halogenated alkanes) is 2. The van der Waals surface area contributed by atoms with Gasteiger partial charge in [-0.2, -0.15) is 0 Å². The molecule has 0 radical (unpaired) electrons. The quantitative estimate of drug-likeness (QED) is 0.473. The fourth-order valence-corrected chi connectivity index (χ4v) is 1.14. The molecule has 1 aromatic rings. The Morgan fingerprint density at radius 2 is 2.00 bits per heavy atom. The Morgan fingerprint density at radius 3 is 2.69 bits per heavy atom. The molecule has 0 heteroatoms. The molecule has 0 aliphatic carbocycles. The van der Waals surface area contributed by atoms with E-state index < -0.39 is 0 Å². The van der Waals surface area contributed by atoms with Crippen molar-refractivity contribution in [2.24, 2.45) is 0 Å². The van der Waals surface area contributed by atoms with Crippen LogP contribution in [0.15, 0.2) is 24.3 Å². The van der Waals surface area contributed by atoms with Gasteiger partial charge in [0, 0.05) is 12.0 Å². The molecule has 0 fully saturated rings. The number of rotatable bonds is 2. The Balaban J connectivity index is 2.61. The predicted molar refractivity (Wildman–Crippen MR) is 57.6 cm³/mol. The SMILES string of the molecule is CCCCC#Cc1ccccc1C. The standard InChI is InChI=1S/C13H16/c1-3-4-5-6-10-13-11-8-7-9-12(13)2/h7-9,11H,3-5H2,1-2H3. The number of hydrogen-bond donors (Lipinski definition) is 0. The summed E-state index contributed by atoms with van der Waals surface area (Å²) in [6.07, 6.45) is 3.45. The highest BCUT2D eigenvalue weighted by molar-refractivity contribution is 5.40. The lowest BCUT2D eigenvalue weighted by molar-refractivity contribution is 0.828. The van der Waals surface area contributed by atoms with E-state index in [4.69, 9.17) is 0 Å². The van der Waals surface area contributed by atoms with E-state index >= 15 is 0 Å². The van der Waals surface area contributed by atoms with Crippen molar-refractivity contribution in [3.63, 3.8) is 0 Å². The Labute approximate surface area is 81.0 Å². The molecule has 68 valence electrons. The topological polar surface area (TPSA) is 0 Å². The van der Waals surface area contributed by atoms with E-state index in [2.05, 4.69) is 37.8 Å². The summed E-state index contributed by atoms with van der Waals surface area (Å²) in [5.74, 6) is 6.39. The van der Waals surface area contributed by atoms with Crippen LogP contribution < -0.4 is 0 Å². The molecule has 0 bridgehead atoms. The highest BCUT2D eigenvalue weighted by Gasteiger charge is 1.89. The van der Waals surface area contributed by atoms with Gasteiger partial charge >= 0.3 is 0 Å². The van der Waals surface area contributed by atoms with E-state index in [9.17, 15) is 0 Å². The van der Waals surface area contributed by atoms with Gasteiger partial charge in [-0.15, -0.1) is 0 Å². The van der Waals surface area contributed by atoms with E-state index in [0.717, 1.165) is 6.42 Å². The van der Waals surface area contributed by atoms with Crippen molar-refractivity contribution in [1.29, 1.82) is 0 Å². The van der Waals surface area contributed by atoms with Crippen LogP contribution in [0.25, 0.3) is 0 Å². The third-order valence-electron chi connectivity index (χ3n) is 2.02. The first-order valence-corrected chi connectivity index (χ1v) is 4.89. The van der Waals surface area contributed by atoms with Gasteiger partial charge in [0.05, 0.1) is 0 Å².